The van der Waals surface area contributed by atoms with E-state index < -0.39 is 12.5 Å². The van der Waals surface area contributed by atoms with Gasteiger partial charge in [0.2, 0.25) is 0 Å². The number of benzene rings is 1. The fraction of sp³-hybridized carbons (Fsp3) is 0.357. The lowest BCUT2D eigenvalue weighted by molar-refractivity contribution is 0.150. The van der Waals surface area contributed by atoms with Crippen molar-refractivity contribution in [3.63, 3.8) is 0 Å². The summed E-state index contributed by atoms with van der Waals surface area (Å²) in [5.74, 6) is 0. The van der Waals surface area contributed by atoms with Crippen molar-refractivity contribution < 1.29 is 18.6 Å². The monoisotopic (exact) mass is 360 g/mol. The Hall–Kier alpha value is -1.31. The topological polar surface area (TPSA) is 47.3 Å². The van der Waals surface area contributed by atoms with Gasteiger partial charge in [0, 0.05) is 12.7 Å². The lowest BCUT2D eigenvalue weighted by Gasteiger charge is -2.15. The van der Waals surface area contributed by atoms with Crippen molar-refractivity contribution in [2.24, 2.45) is 0 Å². The number of hydrogen-bond acceptors (Lipinski definition) is 3. The van der Waals surface area contributed by atoms with Gasteiger partial charge in [0.1, 0.15) is 6.10 Å². The highest BCUT2D eigenvalue weighted by Crippen LogP contribution is 2.30. The molecule has 1 heterocycles. The standard InChI is InChI=1S/C14H15BrF2N2O2/c1-21-6-5-19-12(11(15)8-18-19)13(20)9-3-2-4-10(7-9)14(16)17/h2-4,7-8,13-14,20H,5-6H2,1H3. The molecule has 1 atom stereocenters. The molecule has 21 heavy (non-hydrogen) atoms. The first-order valence-electron chi connectivity index (χ1n) is 6.30. The minimum atomic E-state index is -2.57. The van der Waals surface area contributed by atoms with Crippen LogP contribution in [-0.2, 0) is 11.3 Å². The van der Waals surface area contributed by atoms with E-state index in [9.17, 15) is 13.9 Å². The number of aromatic nitrogens is 2. The second-order valence-corrected chi connectivity index (χ2v) is 5.32. The van der Waals surface area contributed by atoms with Crippen LogP contribution in [0.15, 0.2) is 34.9 Å². The van der Waals surface area contributed by atoms with Gasteiger partial charge in [0.15, 0.2) is 0 Å². The molecule has 0 aliphatic rings. The summed E-state index contributed by atoms with van der Waals surface area (Å²) in [6.45, 7) is 0.897. The summed E-state index contributed by atoms with van der Waals surface area (Å²) in [7, 11) is 1.57. The molecule has 0 bridgehead atoms. The van der Waals surface area contributed by atoms with Crippen LogP contribution in [-0.4, -0.2) is 28.6 Å². The molecule has 0 amide bonds. The Kier molecular flexibility index (Phi) is 5.44. The Morgan fingerprint density at radius 3 is 2.76 bits per heavy atom. The molecule has 0 fully saturated rings. The van der Waals surface area contributed by atoms with Gasteiger partial charge in [-0.25, -0.2) is 8.78 Å². The molecule has 2 rings (SSSR count). The number of halogens is 3. The van der Waals surface area contributed by atoms with E-state index in [2.05, 4.69) is 21.0 Å². The molecule has 1 aromatic carbocycles. The van der Waals surface area contributed by atoms with Crippen LogP contribution < -0.4 is 0 Å². The van der Waals surface area contributed by atoms with Crippen molar-refractivity contribution in [3.8, 4) is 0 Å². The maximum absolute atomic E-state index is 12.8. The lowest BCUT2D eigenvalue weighted by Crippen LogP contribution is -2.13. The smallest absolute Gasteiger partial charge is 0.263 e. The molecule has 7 heteroatoms. The van der Waals surface area contributed by atoms with Crippen LogP contribution in [0.3, 0.4) is 0 Å². The highest BCUT2D eigenvalue weighted by atomic mass is 79.9. The highest BCUT2D eigenvalue weighted by molar-refractivity contribution is 9.10. The van der Waals surface area contributed by atoms with Gasteiger partial charge in [0.05, 0.1) is 29.5 Å². The number of rotatable bonds is 6. The summed E-state index contributed by atoms with van der Waals surface area (Å²) < 4.78 is 32.7. The summed E-state index contributed by atoms with van der Waals surface area (Å²) in [5.41, 5.74) is 0.789. The maximum Gasteiger partial charge on any atom is 0.263 e. The van der Waals surface area contributed by atoms with Crippen LogP contribution in [0.2, 0.25) is 0 Å². The van der Waals surface area contributed by atoms with Crippen LogP contribution in [0.1, 0.15) is 29.4 Å². The minimum Gasteiger partial charge on any atom is -0.383 e. The van der Waals surface area contributed by atoms with Crippen molar-refractivity contribution in [2.75, 3.05) is 13.7 Å². The maximum atomic E-state index is 12.8. The van der Waals surface area contributed by atoms with E-state index in [-0.39, 0.29) is 5.56 Å². The third-order valence-electron chi connectivity index (χ3n) is 3.08. The number of ether oxygens (including phenoxy) is 1. The number of alkyl halides is 2. The summed E-state index contributed by atoms with van der Waals surface area (Å²) in [6.07, 6.45) is -2.05. The van der Waals surface area contributed by atoms with E-state index in [1.165, 1.54) is 18.2 Å². The molecular weight excluding hydrogens is 346 g/mol. The van der Waals surface area contributed by atoms with Gasteiger partial charge < -0.3 is 9.84 Å². The summed E-state index contributed by atoms with van der Waals surface area (Å²) >= 11 is 3.32. The van der Waals surface area contributed by atoms with Crippen molar-refractivity contribution in [3.05, 3.63) is 51.8 Å². The van der Waals surface area contributed by atoms with E-state index in [1.807, 2.05) is 0 Å². The second kappa shape index (κ2) is 7.11. The quantitative estimate of drug-likeness (QED) is 0.859. The number of hydrogen-bond donors (Lipinski definition) is 1. The second-order valence-electron chi connectivity index (χ2n) is 4.47. The average Bonchev–Trinajstić information content (AvgIpc) is 2.85. The Labute approximate surface area is 129 Å². The predicted octanol–water partition coefficient (Wildman–Crippen LogP) is 3.31. The Balaban J connectivity index is 2.33. The minimum absolute atomic E-state index is 0.120. The molecule has 1 N–H and O–H groups in total. The van der Waals surface area contributed by atoms with Gasteiger partial charge in [-0.15, -0.1) is 0 Å². The van der Waals surface area contributed by atoms with Crippen molar-refractivity contribution in [1.82, 2.24) is 9.78 Å². The molecule has 2 aromatic rings. The van der Waals surface area contributed by atoms with Gasteiger partial charge in [0.25, 0.3) is 6.43 Å². The molecule has 0 spiro atoms. The SMILES string of the molecule is COCCn1ncc(Br)c1C(O)c1cccc(C(F)F)c1. The normalized spacial score (nSPS) is 12.9. The molecule has 0 aliphatic carbocycles. The zero-order chi connectivity index (χ0) is 15.4. The van der Waals surface area contributed by atoms with E-state index in [4.69, 9.17) is 4.74 Å². The molecule has 0 saturated carbocycles. The third kappa shape index (κ3) is 3.66. The molecule has 1 unspecified atom stereocenters. The van der Waals surface area contributed by atoms with Crippen LogP contribution >= 0.6 is 15.9 Å². The van der Waals surface area contributed by atoms with Gasteiger partial charge in [-0.05, 0) is 27.6 Å². The highest BCUT2D eigenvalue weighted by Gasteiger charge is 2.20. The van der Waals surface area contributed by atoms with Crippen LogP contribution in [0, 0.1) is 0 Å². The fourth-order valence-electron chi connectivity index (χ4n) is 2.02. The molecule has 0 aliphatic heterocycles. The average molecular weight is 361 g/mol. The van der Waals surface area contributed by atoms with Crippen molar-refractivity contribution >= 4 is 15.9 Å². The fourth-order valence-corrected chi connectivity index (χ4v) is 2.54. The molecule has 1 aromatic heterocycles. The van der Waals surface area contributed by atoms with E-state index in [0.29, 0.717) is 28.9 Å². The first-order chi connectivity index (χ1) is 10.0. The first kappa shape index (κ1) is 16.1. The summed E-state index contributed by atoms with van der Waals surface area (Å²) in [6, 6.07) is 5.74. The number of nitrogens with zero attached hydrogens (tertiary/aromatic N) is 2. The Morgan fingerprint density at radius 1 is 1.38 bits per heavy atom. The van der Waals surface area contributed by atoms with Gasteiger partial charge in [-0.2, -0.15) is 5.10 Å². The summed E-state index contributed by atoms with van der Waals surface area (Å²) in [5, 5.41) is 14.6. The van der Waals surface area contributed by atoms with Crippen LogP contribution in [0.25, 0.3) is 0 Å². The molecular formula is C14H15BrF2N2O2. The van der Waals surface area contributed by atoms with Crippen molar-refractivity contribution in [1.29, 1.82) is 0 Å². The first-order valence-corrected chi connectivity index (χ1v) is 7.10. The molecule has 114 valence electrons. The lowest BCUT2D eigenvalue weighted by atomic mass is 10.0. The number of aliphatic hydroxyl groups is 1. The van der Waals surface area contributed by atoms with Crippen LogP contribution in [0.4, 0.5) is 8.78 Å². The van der Waals surface area contributed by atoms with E-state index in [0.717, 1.165) is 0 Å². The zero-order valence-corrected chi connectivity index (χ0v) is 12.9. The molecule has 0 radical (unpaired) electrons. The van der Waals surface area contributed by atoms with Crippen molar-refractivity contribution in [2.45, 2.75) is 19.1 Å². The third-order valence-corrected chi connectivity index (χ3v) is 3.69. The molecule has 4 nitrogen and oxygen atoms in total. The van der Waals surface area contributed by atoms with Crippen LogP contribution in [0.5, 0.6) is 0 Å². The van der Waals surface area contributed by atoms with Gasteiger partial charge >= 0.3 is 0 Å². The Bertz CT molecular complexity index is 604. The number of methoxy groups -OCH3 is 1. The predicted molar refractivity (Wildman–Crippen MR) is 77.3 cm³/mol. The van der Waals surface area contributed by atoms with Gasteiger partial charge in [-0.3, -0.25) is 4.68 Å². The molecule has 0 saturated heterocycles. The van der Waals surface area contributed by atoms with E-state index >= 15 is 0 Å². The van der Waals surface area contributed by atoms with Gasteiger partial charge in [-0.1, -0.05) is 18.2 Å². The number of aliphatic hydroxyl groups excluding tert-OH is 1. The van der Waals surface area contributed by atoms with E-state index in [1.54, 1.807) is 24.1 Å². The summed E-state index contributed by atoms with van der Waals surface area (Å²) in [4.78, 5) is 0. The largest absolute Gasteiger partial charge is 0.383 e. The Morgan fingerprint density at radius 2 is 2.10 bits per heavy atom. The zero-order valence-electron chi connectivity index (χ0n) is 11.3.